The molecule has 2 N–H and O–H groups in total. The second-order valence-corrected chi connectivity index (χ2v) is 6.72. The van der Waals surface area contributed by atoms with E-state index in [1.54, 1.807) is 48.7 Å². The first-order valence-corrected chi connectivity index (χ1v) is 9.37. The van der Waals surface area contributed by atoms with Crippen LogP contribution in [0.5, 0.6) is 0 Å². The van der Waals surface area contributed by atoms with Crippen LogP contribution in [0.4, 0.5) is 16.2 Å². The van der Waals surface area contributed by atoms with E-state index in [-0.39, 0.29) is 5.91 Å². The van der Waals surface area contributed by atoms with Gasteiger partial charge >= 0.3 is 6.09 Å². The summed E-state index contributed by atoms with van der Waals surface area (Å²) in [5, 5.41) is 8.39. The van der Waals surface area contributed by atoms with Crippen molar-refractivity contribution in [3.63, 3.8) is 0 Å². The molecule has 1 aromatic heterocycles. The van der Waals surface area contributed by atoms with E-state index >= 15 is 0 Å². The van der Waals surface area contributed by atoms with Crippen LogP contribution in [0.25, 0.3) is 10.6 Å². The minimum absolute atomic E-state index is 0.296. The van der Waals surface area contributed by atoms with Crippen molar-refractivity contribution in [3.05, 3.63) is 64.6 Å². The lowest BCUT2D eigenvalue weighted by molar-refractivity contribution is 0.102. The highest BCUT2D eigenvalue weighted by Crippen LogP contribution is 2.26. The topological polar surface area (TPSA) is 80.3 Å². The third kappa shape index (κ3) is 5.06. The van der Waals surface area contributed by atoms with Gasteiger partial charge in [-0.05, 0) is 43.3 Å². The summed E-state index contributed by atoms with van der Waals surface area (Å²) in [7, 11) is 0. The normalized spacial score (nSPS) is 10.3. The van der Waals surface area contributed by atoms with Crippen molar-refractivity contribution in [2.24, 2.45) is 0 Å². The molecule has 0 saturated carbocycles. The maximum atomic E-state index is 12.4. The second-order valence-electron chi connectivity index (χ2n) is 5.43. The van der Waals surface area contributed by atoms with Crippen LogP contribution < -0.4 is 10.6 Å². The molecule has 138 valence electrons. The van der Waals surface area contributed by atoms with Crippen LogP contribution in [0.3, 0.4) is 0 Å². The molecule has 27 heavy (non-hydrogen) atoms. The van der Waals surface area contributed by atoms with Crippen molar-refractivity contribution < 1.29 is 14.3 Å². The first kappa shape index (κ1) is 18.9. The zero-order valence-corrected chi connectivity index (χ0v) is 15.9. The largest absolute Gasteiger partial charge is 0.450 e. The van der Waals surface area contributed by atoms with Crippen molar-refractivity contribution in [1.29, 1.82) is 0 Å². The van der Waals surface area contributed by atoms with Gasteiger partial charge in [-0.3, -0.25) is 10.1 Å². The van der Waals surface area contributed by atoms with Gasteiger partial charge in [0.25, 0.3) is 5.91 Å². The molecule has 0 fully saturated rings. The Morgan fingerprint density at radius 1 is 1.11 bits per heavy atom. The summed E-state index contributed by atoms with van der Waals surface area (Å²) in [4.78, 5) is 28.1. The molecule has 2 aromatic carbocycles. The van der Waals surface area contributed by atoms with E-state index in [9.17, 15) is 9.59 Å². The first-order chi connectivity index (χ1) is 13.0. The highest BCUT2D eigenvalue weighted by Gasteiger charge is 2.12. The molecule has 0 aliphatic heterocycles. The molecule has 0 aliphatic rings. The Hall–Kier alpha value is -2.90. The monoisotopic (exact) mass is 401 g/mol. The van der Waals surface area contributed by atoms with Gasteiger partial charge in [0.2, 0.25) is 0 Å². The van der Waals surface area contributed by atoms with Crippen LogP contribution >= 0.6 is 22.9 Å². The fourth-order valence-corrected chi connectivity index (χ4v) is 3.24. The Kier molecular flexibility index (Phi) is 6.05. The summed E-state index contributed by atoms with van der Waals surface area (Å²) in [6.07, 6.45) is -0.523. The van der Waals surface area contributed by atoms with E-state index in [4.69, 9.17) is 16.3 Å². The predicted octanol–water partition coefficient (Wildman–Crippen LogP) is 5.28. The number of hydrogen-bond donors (Lipinski definition) is 2. The number of ether oxygens (including phenoxy) is 1. The summed E-state index contributed by atoms with van der Waals surface area (Å²) in [6, 6.07) is 14.0. The average Bonchev–Trinajstić information content (AvgIpc) is 3.14. The third-order valence-corrected chi connectivity index (χ3v) is 4.60. The summed E-state index contributed by atoms with van der Waals surface area (Å²) < 4.78 is 4.81. The number of carbonyl (C=O) groups is 2. The van der Waals surface area contributed by atoms with E-state index in [0.717, 1.165) is 10.6 Å². The summed E-state index contributed by atoms with van der Waals surface area (Å²) in [5.41, 5.74) is 2.35. The fourth-order valence-electron chi connectivity index (χ4n) is 2.25. The molecule has 1 heterocycles. The smallest absolute Gasteiger partial charge is 0.411 e. The van der Waals surface area contributed by atoms with Gasteiger partial charge in [-0.1, -0.05) is 23.7 Å². The van der Waals surface area contributed by atoms with Gasteiger partial charge in [-0.2, -0.15) is 0 Å². The maximum absolute atomic E-state index is 12.4. The first-order valence-electron chi connectivity index (χ1n) is 8.12. The molecule has 0 saturated heterocycles. The number of anilines is 2. The number of rotatable bonds is 5. The number of hydrogen-bond acceptors (Lipinski definition) is 5. The number of halogens is 1. The van der Waals surface area contributed by atoms with Crippen LogP contribution in [-0.2, 0) is 4.74 Å². The molecule has 0 spiro atoms. The van der Waals surface area contributed by atoms with Crippen LogP contribution in [0.15, 0.2) is 53.9 Å². The van der Waals surface area contributed by atoms with Crippen LogP contribution in [0.2, 0.25) is 5.02 Å². The van der Waals surface area contributed by atoms with Crippen molar-refractivity contribution in [2.45, 2.75) is 6.92 Å². The van der Waals surface area contributed by atoms with Gasteiger partial charge in [0.15, 0.2) is 0 Å². The number of nitrogens with zero attached hydrogens (tertiary/aromatic N) is 1. The lowest BCUT2D eigenvalue weighted by Gasteiger charge is -2.07. The number of aromatic nitrogens is 1. The van der Waals surface area contributed by atoms with Crippen LogP contribution in [0.1, 0.15) is 17.4 Å². The van der Waals surface area contributed by atoms with Gasteiger partial charge in [0.1, 0.15) is 10.7 Å². The summed E-state index contributed by atoms with van der Waals surface area (Å²) in [6.45, 7) is 2.03. The van der Waals surface area contributed by atoms with Crippen molar-refractivity contribution in [3.8, 4) is 10.6 Å². The standard InChI is InChI=1S/C19H16ClN3O3S/c1-2-26-19(25)22-15-8-6-14(7-9-15)21-17(24)16-11-27-18(23-16)12-4-3-5-13(20)10-12/h3-11H,2H2,1H3,(H,21,24)(H,22,25). The zero-order chi connectivity index (χ0) is 19.2. The Labute approximate surface area is 165 Å². The number of nitrogens with one attached hydrogen (secondary N) is 2. The Morgan fingerprint density at radius 3 is 2.48 bits per heavy atom. The molecule has 2 amide bonds. The van der Waals surface area contributed by atoms with Crippen LogP contribution in [-0.4, -0.2) is 23.6 Å². The van der Waals surface area contributed by atoms with E-state index in [2.05, 4.69) is 15.6 Å². The van der Waals surface area contributed by atoms with Gasteiger partial charge in [-0.15, -0.1) is 11.3 Å². The lowest BCUT2D eigenvalue weighted by atomic mass is 10.2. The molecule has 0 unspecified atom stereocenters. The predicted molar refractivity (Wildman–Crippen MR) is 108 cm³/mol. The molecule has 6 nitrogen and oxygen atoms in total. The molecule has 3 rings (SSSR count). The molecular weight excluding hydrogens is 386 g/mol. The van der Waals surface area contributed by atoms with E-state index in [0.29, 0.717) is 28.7 Å². The number of thiazole rings is 1. The quantitative estimate of drug-likeness (QED) is 0.609. The Bertz CT molecular complexity index is 957. The highest BCUT2D eigenvalue weighted by atomic mass is 35.5. The molecule has 0 bridgehead atoms. The van der Waals surface area contributed by atoms with Crippen molar-refractivity contribution in [1.82, 2.24) is 4.98 Å². The van der Waals surface area contributed by atoms with E-state index in [1.165, 1.54) is 11.3 Å². The third-order valence-electron chi connectivity index (χ3n) is 3.47. The zero-order valence-electron chi connectivity index (χ0n) is 14.4. The molecular formula is C19H16ClN3O3S. The van der Waals surface area contributed by atoms with Crippen molar-refractivity contribution in [2.75, 3.05) is 17.2 Å². The SMILES string of the molecule is CCOC(=O)Nc1ccc(NC(=O)c2csc(-c3cccc(Cl)c3)n2)cc1. The number of amides is 2. The van der Waals surface area contributed by atoms with Gasteiger partial charge in [-0.25, -0.2) is 9.78 Å². The van der Waals surface area contributed by atoms with E-state index < -0.39 is 6.09 Å². The highest BCUT2D eigenvalue weighted by molar-refractivity contribution is 7.13. The molecule has 0 aliphatic carbocycles. The number of benzene rings is 2. The van der Waals surface area contributed by atoms with Crippen molar-refractivity contribution >= 4 is 46.3 Å². The Morgan fingerprint density at radius 2 is 1.81 bits per heavy atom. The summed E-state index contributed by atoms with van der Waals surface area (Å²) in [5.74, 6) is -0.314. The minimum atomic E-state index is -0.523. The van der Waals surface area contributed by atoms with Gasteiger partial charge in [0, 0.05) is 27.3 Å². The van der Waals surface area contributed by atoms with Gasteiger partial charge < -0.3 is 10.1 Å². The molecule has 0 radical (unpaired) electrons. The number of carbonyl (C=O) groups excluding carboxylic acids is 2. The molecule has 0 atom stereocenters. The molecule has 3 aromatic rings. The second kappa shape index (κ2) is 8.66. The van der Waals surface area contributed by atoms with E-state index in [1.807, 2.05) is 12.1 Å². The van der Waals surface area contributed by atoms with Crippen LogP contribution in [0, 0.1) is 0 Å². The lowest BCUT2D eigenvalue weighted by Crippen LogP contribution is -2.14. The van der Waals surface area contributed by atoms with Gasteiger partial charge in [0.05, 0.1) is 6.61 Å². The fraction of sp³-hybridized carbons (Fsp3) is 0.105. The summed E-state index contributed by atoms with van der Waals surface area (Å²) >= 11 is 7.37. The minimum Gasteiger partial charge on any atom is -0.450 e. The average molecular weight is 402 g/mol. The molecule has 8 heteroatoms. The Balaban J connectivity index is 1.65. The maximum Gasteiger partial charge on any atom is 0.411 e.